The summed E-state index contributed by atoms with van der Waals surface area (Å²) in [4.78, 5) is 1.38. The second kappa shape index (κ2) is 6.37. The summed E-state index contributed by atoms with van der Waals surface area (Å²) in [6.45, 7) is 0. The predicted octanol–water partition coefficient (Wildman–Crippen LogP) is 5.89. The van der Waals surface area contributed by atoms with Crippen molar-refractivity contribution in [1.29, 1.82) is 0 Å². The van der Waals surface area contributed by atoms with Crippen LogP contribution in [-0.2, 0) is 6.42 Å². The molecule has 0 saturated carbocycles. The van der Waals surface area contributed by atoms with Crippen LogP contribution < -0.4 is 0 Å². The first-order valence-corrected chi connectivity index (χ1v) is 8.36. The Morgan fingerprint density at radius 3 is 2.53 bits per heavy atom. The van der Waals surface area contributed by atoms with Gasteiger partial charge in [-0.25, -0.2) is 0 Å². The summed E-state index contributed by atoms with van der Waals surface area (Å²) in [5, 5.41) is 1.78. The van der Waals surface area contributed by atoms with Crippen molar-refractivity contribution in [2.24, 2.45) is 0 Å². The minimum absolute atomic E-state index is 0.425. The molecule has 1 atom stereocenters. The fraction of sp³-hybridized carbons (Fsp3) is 0.231. The third-order valence-electron chi connectivity index (χ3n) is 2.61. The first kappa shape index (κ1) is 13.6. The molecule has 0 amide bonds. The molecule has 1 heterocycles. The molecule has 90 valence electrons. The molecule has 0 N–H and O–H groups in total. The van der Waals surface area contributed by atoms with Crippen LogP contribution in [0.25, 0.3) is 0 Å². The summed E-state index contributed by atoms with van der Waals surface area (Å²) in [5.74, 6) is 0.425. The molecule has 2 aromatic rings. The number of hydrogen-bond acceptors (Lipinski definition) is 1. The highest BCUT2D eigenvalue weighted by Crippen LogP contribution is 2.32. The molecule has 0 radical (unpaired) electrons. The molecule has 0 saturated heterocycles. The quantitative estimate of drug-likeness (QED) is 0.568. The summed E-state index contributed by atoms with van der Waals surface area (Å²) in [6.07, 6.45) is 1.02. The summed E-state index contributed by atoms with van der Waals surface area (Å²) >= 11 is 15.1. The van der Waals surface area contributed by atoms with E-state index in [9.17, 15) is 0 Å². The van der Waals surface area contributed by atoms with E-state index < -0.39 is 0 Å². The van der Waals surface area contributed by atoms with Crippen molar-refractivity contribution in [3.63, 3.8) is 0 Å². The van der Waals surface area contributed by atoms with E-state index in [2.05, 4.69) is 50.1 Å². The van der Waals surface area contributed by atoms with Gasteiger partial charge in [-0.2, -0.15) is 0 Å². The summed E-state index contributed by atoms with van der Waals surface area (Å²) < 4.78 is 1.18. The van der Waals surface area contributed by atoms with E-state index in [-0.39, 0.29) is 0 Å². The number of alkyl halides is 1. The maximum absolute atomic E-state index is 6.24. The Labute approximate surface area is 127 Å². The van der Waals surface area contributed by atoms with Gasteiger partial charge in [0, 0.05) is 15.2 Å². The highest BCUT2D eigenvalue weighted by Gasteiger charge is 2.14. The highest BCUT2D eigenvalue weighted by atomic mass is 79.9. The lowest BCUT2D eigenvalue weighted by Crippen LogP contribution is -2.04. The van der Waals surface area contributed by atoms with Gasteiger partial charge in [0.1, 0.15) is 0 Å². The molecule has 0 aliphatic rings. The van der Waals surface area contributed by atoms with E-state index in [0.29, 0.717) is 5.92 Å². The van der Waals surface area contributed by atoms with Gasteiger partial charge in [-0.05, 0) is 52.0 Å². The van der Waals surface area contributed by atoms with E-state index >= 15 is 0 Å². The SMILES string of the molecule is Clc1ccccc1C(CBr)Cc1ccc(Br)s1. The zero-order valence-corrected chi connectivity index (χ0v) is 13.7. The van der Waals surface area contributed by atoms with Crippen LogP contribution >= 0.6 is 54.8 Å². The Morgan fingerprint density at radius 1 is 1.18 bits per heavy atom. The third-order valence-corrected chi connectivity index (χ3v) is 5.38. The molecule has 0 spiro atoms. The van der Waals surface area contributed by atoms with Crippen LogP contribution in [-0.4, -0.2) is 5.33 Å². The summed E-state index contributed by atoms with van der Waals surface area (Å²) in [6, 6.07) is 12.3. The largest absolute Gasteiger partial charge is 0.133 e. The molecule has 1 aromatic carbocycles. The van der Waals surface area contributed by atoms with Crippen LogP contribution in [0.2, 0.25) is 5.02 Å². The number of rotatable bonds is 4. The van der Waals surface area contributed by atoms with Crippen molar-refractivity contribution in [2.75, 3.05) is 5.33 Å². The van der Waals surface area contributed by atoms with E-state index in [1.165, 1.54) is 14.2 Å². The van der Waals surface area contributed by atoms with Gasteiger partial charge in [0.15, 0.2) is 0 Å². The van der Waals surface area contributed by atoms with Crippen LogP contribution in [0.1, 0.15) is 16.4 Å². The summed E-state index contributed by atoms with van der Waals surface area (Å²) in [7, 11) is 0. The molecule has 2 rings (SSSR count). The van der Waals surface area contributed by atoms with Crippen molar-refractivity contribution in [3.05, 3.63) is 55.6 Å². The highest BCUT2D eigenvalue weighted by molar-refractivity contribution is 9.11. The van der Waals surface area contributed by atoms with Gasteiger partial charge in [0.05, 0.1) is 3.79 Å². The average molecular weight is 395 g/mol. The van der Waals surface area contributed by atoms with Crippen molar-refractivity contribution in [3.8, 4) is 0 Å². The Kier molecular flexibility index (Phi) is 5.10. The normalized spacial score (nSPS) is 12.6. The van der Waals surface area contributed by atoms with Crippen molar-refractivity contribution in [1.82, 2.24) is 0 Å². The first-order chi connectivity index (χ1) is 8.20. The molecule has 4 heteroatoms. The third kappa shape index (κ3) is 3.57. The fourth-order valence-electron chi connectivity index (χ4n) is 1.76. The van der Waals surface area contributed by atoms with Gasteiger partial charge in [0.2, 0.25) is 0 Å². The Hall–Kier alpha value is 0.170. The average Bonchev–Trinajstić information content (AvgIpc) is 2.73. The second-order valence-electron chi connectivity index (χ2n) is 3.78. The minimum Gasteiger partial charge on any atom is -0.133 e. The van der Waals surface area contributed by atoms with Crippen molar-refractivity contribution >= 4 is 54.8 Å². The van der Waals surface area contributed by atoms with Crippen LogP contribution in [0.4, 0.5) is 0 Å². The van der Waals surface area contributed by atoms with Crippen LogP contribution in [0.15, 0.2) is 40.2 Å². The van der Waals surface area contributed by atoms with Gasteiger partial charge < -0.3 is 0 Å². The molecule has 0 aliphatic heterocycles. The van der Waals surface area contributed by atoms with E-state index in [1.54, 1.807) is 11.3 Å². The number of thiophene rings is 1. The number of benzene rings is 1. The van der Waals surface area contributed by atoms with Gasteiger partial charge >= 0.3 is 0 Å². The molecule has 1 aromatic heterocycles. The maximum Gasteiger partial charge on any atom is 0.0701 e. The second-order valence-corrected chi connectivity index (χ2v) is 7.38. The Bertz CT molecular complexity index is 496. The molecule has 0 bridgehead atoms. The Balaban J connectivity index is 2.20. The minimum atomic E-state index is 0.425. The predicted molar refractivity (Wildman–Crippen MR) is 83.7 cm³/mol. The monoisotopic (exact) mass is 392 g/mol. The van der Waals surface area contributed by atoms with E-state index in [1.807, 2.05) is 18.2 Å². The Morgan fingerprint density at radius 2 is 1.94 bits per heavy atom. The number of halogens is 3. The lowest BCUT2D eigenvalue weighted by Gasteiger charge is -2.15. The molecule has 0 nitrogen and oxygen atoms in total. The molecule has 0 aliphatic carbocycles. The molecule has 1 unspecified atom stereocenters. The lowest BCUT2D eigenvalue weighted by molar-refractivity contribution is 0.786. The smallest absolute Gasteiger partial charge is 0.0701 e. The topological polar surface area (TPSA) is 0 Å². The first-order valence-electron chi connectivity index (χ1n) is 5.25. The van der Waals surface area contributed by atoms with Crippen molar-refractivity contribution in [2.45, 2.75) is 12.3 Å². The van der Waals surface area contributed by atoms with Gasteiger partial charge in [-0.1, -0.05) is 45.7 Å². The standard InChI is InChI=1S/C13H11Br2ClS/c14-8-9(7-10-5-6-13(15)17-10)11-3-1-2-4-12(11)16/h1-6,9H,7-8H2. The van der Waals surface area contributed by atoms with Crippen molar-refractivity contribution < 1.29 is 0 Å². The van der Waals surface area contributed by atoms with E-state index in [0.717, 1.165) is 16.8 Å². The molecule has 0 fully saturated rings. The number of hydrogen-bond donors (Lipinski definition) is 0. The van der Waals surface area contributed by atoms with Crippen LogP contribution in [0.3, 0.4) is 0 Å². The zero-order chi connectivity index (χ0) is 12.3. The molecular formula is C13H11Br2ClS. The molecular weight excluding hydrogens is 383 g/mol. The maximum atomic E-state index is 6.24. The van der Waals surface area contributed by atoms with Crippen LogP contribution in [0, 0.1) is 0 Å². The van der Waals surface area contributed by atoms with Crippen LogP contribution in [0.5, 0.6) is 0 Å². The van der Waals surface area contributed by atoms with E-state index in [4.69, 9.17) is 11.6 Å². The van der Waals surface area contributed by atoms with Gasteiger partial charge in [-0.3, -0.25) is 0 Å². The van der Waals surface area contributed by atoms with Gasteiger partial charge in [-0.15, -0.1) is 11.3 Å². The summed E-state index contributed by atoms with van der Waals surface area (Å²) in [5.41, 5.74) is 1.22. The lowest BCUT2D eigenvalue weighted by atomic mass is 9.97. The molecule has 17 heavy (non-hydrogen) atoms. The van der Waals surface area contributed by atoms with Gasteiger partial charge in [0.25, 0.3) is 0 Å². The fourth-order valence-corrected chi connectivity index (χ4v) is 4.19. The zero-order valence-electron chi connectivity index (χ0n) is 9.00.